The molecule has 1 aliphatic carbocycles. The SMILES string of the molecule is COc1ccc(CCNC(=O)C2(CN)CCCC2)cc1.Cl. The first-order chi connectivity index (χ1) is 9.70. The summed E-state index contributed by atoms with van der Waals surface area (Å²) in [4.78, 5) is 12.3. The highest BCUT2D eigenvalue weighted by Gasteiger charge is 2.39. The van der Waals surface area contributed by atoms with Crippen molar-refractivity contribution in [2.75, 3.05) is 20.2 Å². The van der Waals surface area contributed by atoms with Gasteiger partial charge in [0, 0.05) is 13.1 Å². The maximum atomic E-state index is 12.3. The third kappa shape index (κ3) is 4.35. The molecule has 1 amide bonds. The Morgan fingerprint density at radius 2 is 1.90 bits per heavy atom. The molecule has 3 N–H and O–H groups in total. The summed E-state index contributed by atoms with van der Waals surface area (Å²) in [6.45, 7) is 1.12. The van der Waals surface area contributed by atoms with Gasteiger partial charge in [-0.2, -0.15) is 0 Å². The first-order valence-corrected chi connectivity index (χ1v) is 7.31. The summed E-state index contributed by atoms with van der Waals surface area (Å²) in [7, 11) is 1.66. The van der Waals surface area contributed by atoms with Gasteiger partial charge >= 0.3 is 0 Å². The zero-order chi connectivity index (χ0) is 14.4. The molecule has 1 aromatic rings. The normalized spacial score (nSPS) is 16.1. The van der Waals surface area contributed by atoms with Crippen molar-refractivity contribution in [1.29, 1.82) is 0 Å². The lowest BCUT2D eigenvalue weighted by Gasteiger charge is -2.25. The fourth-order valence-electron chi connectivity index (χ4n) is 2.88. The number of methoxy groups -OCH3 is 1. The Balaban J connectivity index is 0.00000220. The van der Waals surface area contributed by atoms with Crippen LogP contribution in [0.5, 0.6) is 5.75 Å². The molecule has 2 rings (SSSR count). The molecule has 0 aromatic heterocycles. The summed E-state index contributed by atoms with van der Waals surface area (Å²) in [5.41, 5.74) is 6.70. The van der Waals surface area contributed by atoms with Crippen molar-refractivity contribution in [3.8, 4) is 5.75 Å². The van der Waals surface area contributed by atoms with Crippen LogP contribution in [0.25, 0.3) is 0 Å². The Kier molecular flexibility index (Phi) is 6.99. The predicted molar refractivity (Wildman–Crippen MR) is 86.9 cm³/mol. The fraction of sp³-hybridized carbons (Fsp3) is 0.562. The molecule has 1 aromatic carbocycles. The number of amides is 1. The summed E-state index contributed by atoms with van der Waals surface area (Å²) in [6, 6.07) is 7.93. The van der Waals surface area contributed by atoms with E-state index >= 15 is 0 Å². The van der Waals surface area contributed by atoms with Crippen molar-refractivity contribution in [2.24, 2.45) is 11.1 Å². The van der Waals surface area contributed by atoms with Gasteiger partial charge in [-0.3, -0.25) is 4.79 Å². The minimum Gasteiger partial charge on any atom is -0.497 e. The number of benzene rings is 1. The molecule has 0 aliphatic heterocycles. The molecule has 21 heavy (non-hydrogen) atoms. The molecular formula is C16H25ClN2O2. The smallest absolute Gasteiger partial charge is 0.227 e. The molecule has 1 aliphatic rings. The van der Waals surface area contributed by atoms with Crippen molar-refractivity contribution in [3.05, 3.63) is 29.8 Å². The van der Waals surface area contributed by atoms with Gasteiger partial charge in [-0.15, -0.1) is 12.4 Å². The van der Waals surface area contributed by atoms with Crippen LogP contribution in [0.4, 0.5) is 0 Å². The second kappa shape index (κ2) is 8.25. The van der Waals surface area contributed by atoms with Crippen LogP contribution in [0.2, 0.25) is 0 Å². The van der Waals surface area contributed by atoms with Crippen LogP contribution < -0.4 is 15.8 Å². The quantitative estimate of drug-likeness (QED) is 0.847. The Morgan fingerprint density at radius 1 is 1.29 bits per heavy atom. The number of carbonyl (C=O) groups is 1. The van der Waals surface area contributed by atoms with Crippen LogP contribution in [-0.4, -0.2) is 26.1 Å². The number of ether oxygens (including phenoxy) is 1. The highest BCUT2D eigenvalue weighted by atomic mass is 35.5. The molecule has 0 bridgehead atoms. The molecule has 5 heteroatoms. The monoisotopic (exact) mass is 312 g/mol. The molecule has 4 nitrogen and oxygen atoms in total. The summed E-state index contributed by atoms with van der Waals surface area (Å²) in [6.07, 6.45) is 4.92. The van der Waals surface area contributed by atoms with Crippen LogP contribution in [0.15, 0.2) is 24.3 Å². The minimum absolute atomic E-state index is 0. The minimum atomic E-state index is -0.306. The Bertz CT molecular complexity index is 442. The Morgan fingerprint density at radius 3 is 2.43 bits per heavy atom. The number of hydrogen-bond acceptors (Lipinski definition) is 3. The maximum Gasteiger partial charge on any atom is 0.227 e. The molecule has 0 saturated heterocycles. The zero-order valence-corrected chi connectivity index (χ0v) is 13.4. The van der Waals surface area contributed by atoms with Gasteiger partial charge < -0.3 is 15.8 Å². The van der Waals surface area contributed by atoms with Crippen LogP contribution >= 0.6 is 12.4 Å². The topological polar surface area (TPSA) is 64.3 Å². The Hall–Kier alpha value is -1.26. The lowest BCUT2D eigenvalue weighted by atomic mass is 9.85. The number of hydrogen-bond donors (Lipinski definition) is 2. The molecule has 118 valence electrons. The molecule has 0 radical (unpaired) electrons. The van der Waals surface area contributed by atoms with E-state index in [1.807, 2.05) is 24.3 Å². The fourth-order valence-corrected chi connectivity index (χ4v) is 2.88. The number of nitrogens with two attached hydrogens (primary N) is 1. The molecule has 0 heterocycles. The molecule has 0 atom stereocenters. The van der Waals surface area contributed by atoms with Crippen molar-refractivity contribution in [3.63, 3.8) is 0 Å². The second-order valence-electron chi connectivity index (χ2n) is 5.55. The zero-order valence-electron chi connectivity index (χ0n) is 12.6. The van der Waals surface area contributed by atoms with E-state index in [4.69, 9.17) is 10.5 Å². The lowest BCUT2D eigenvalue weighted by Crippen LogP contribution is -2.44. The van der Waals surface area contributed by atoms with Gasteiger partial charge in [0.05, 0.1) is 12.5 Å². The van der Waals surface area contributed by atoms with Crippen LogP contribution in [-0.2, 0) is 11.2 Å². The van der Waals surface area contributed by atoms with Gasteiger partial charge in [-0.25, -0.2) is 0 Å². The second-order valence-corrected chi connectivity index (χ2v) is 5.55. The van der Waals surface area contributed by atoms with Gasteiger partial charge in [0.2, 0.25) is 5.91 Å². The number of carbonyl (C=O) groups excluding carboxylic acids is 1. The van der Waals surface area contributed by atoms with Crippen molar-refractivity contribution in [1.82, 2.24) is 5.32 Å². The standard InChI is InChI=1S/C16H24N2O2.ClH/c1-20-14-6-4-13(5-7-14)8-11-18-15(19)16(12-17)9-2-3-10-16;/h4-7H,2-3,8-12,17H2,1H3,(H,18,19);1H. The van der Waals surface area contributed by atoms with Crippen molar-refractivity contribution >= 4 is 18.3 Å². The summed E-state index contributed by atoms with van der Waals surface area (Å²) in [5.74, 6) is 0.983. The highest BCUT2D eigenvalue weighted by Crippen LogP contribution is 2.37. The van der Waals surface area contributed by atoms with E-state index in [2.05, 4.69) is 5.32 Å². The summed E-state index contributed by atoms with van der Waals surface area (Å²) in [5, 5.41) is 3.04. The third-order valence-electron chi connectivity index (χ3n) is 4.29. The van der Waals surface area contributed by atoms with Gasteiger partial charge in [0.15, 0.2) is 0 Å². The number of nitrogens with one attached hydrogen (secondary N) is 1. The van der Waals surface area contributed by atoms with Crippen LogP contribution in [0.3, 0.4) is 0 Å². The molecule has 1 fully saturated rings. The third-order valence-corrected chi connectivity index (χ3v) is 4.29. The van der Waals surface area contributed by atoms with Crippen molar-refractivity contribution in [2.45, 2.75) is 32.1 Å². The molecular weight excluding hydrogens is 288 g/mol. The van der Waals surface area contributed by atoms with Gasteiger partial charge in [-0.1, -0.05) is 25.0 Å². The maximum absolute atomic E-state index is 12.3. The molecule has 1 saturated carbocycles. The van der Waals surface area contributed by atoms with E-state index in [0.717, 1.165) is 37.9 Å². The van der Waals surface area contributed by atoms with E-state index in [-0.39, 0.29) is 23.7 Å². The first-order valence-electron chi connectivity index (χ1n) is 7.31. The van der Waals surface area contributed by atoms with Crippen LogP contribution in [0, 0.1) is 5.41 Å². The van der Waals surface area contributed by atoms with Crippen molar-refractivity contribution < 1.29 is 9.53 Å². The van der Waals surface area contributed by atoms with E-state index in [1.165, 1.54) is 5.56 Å². The predicted octanol–water partition coefficient (Wildman–Crippen LogP) is 2.29. The average molecular weight is 313 g/mol. The van der Waals surface area contributed by atoms with Crippen LogP contribution in [0.1, 0.15) is 31.2 Å². The van der Waals surface area contributed by atoms with E-state index < -0.39 is 0 Å². The number of rotatable bonds is 6. The molecule has 0 unspecified atom stereocenters. The summed E-state index contributed by atoms with van der Waals surface area (Å²) < 4.78 is 5.12. The number of halogens is 1. The Labute approximate surface area is 132 Å². The largest absolute Gasteiger partial charge is 0.497 e. The summed E-state index contributed by atoms with van der Waals surface area (Å²) >= 11 is 0. The van der Waals surface area contributed by atoms with Gasteiger partial charge in [-0.05, 0) is 37.0 Å². The van der Waals surface area contributed by atoms with E-state index in [0.29, 0.717) is 13.1 Å². The highest BCUT2D eigenvalue weighted by molar-refractivity contribution is 5.85. The van der Waals surface area contributed by atoms with Gasteiger partial charge in [0.1, 0.15) is 5.75 Å². The molecule has 0 spiro atoms. The van der Waals surface area contributed by atoms with E-state index in [9.17, 15) is 4.79 Å². The van der Waals surface area contributed by atoms with E-state index in [1.54, 1.807) is 7.11 Å². The lowest BCUT2D eigenvalue weighted by molar-refractivity contribution is -0.130. The van der Waals surface area contributed by atoms with Gasteiger partial charge in [0.25, 0.3) is 0 Å². The average Bonchev–Trinajstić information content (AvgIpc) is 2.98. The first kappa shape index (κ1) is 17.8.